The smallest absolute Gasteiger partial charge is 0.349 e. The van der Waals surface area contributed by atoms with E-state index in [9.17, 15) is 18.4 Å². The summed E-state index contributed by atoms with van der Waals surface area (Å²) in [5.74, 6) is -2.65. The van der Waals surface area contributed by atoms with Gasteiger partial charge in [-0.05, 0) is 0 Å². The van der Waals surface area contributed by atoms with Crippen LogP contribution in [0.5, 0.6) is 0 Å². The monoisotopic (exact) mass is 360 g/mol. The number of oxazole rings is 1. The Morgan fingerprint density at radius 3 is 2.85 bits per heavy atom. The Hall–Kier alpha value is -3.63. The van der Waals surface area contributed by atoms with E-state index in [-0.39, 0.29) is 23.7 Å². The van der Waals surface area contributed by atoms with E-state index < -0.39 is 23.2 Å². The van der Waals surface area contributed by atoms with Gasteiger partial charge in [-0.25, -0.2) is 18.6 Å². The molecular weight excluding hydrogens is 350 g/mol. The molecule has 0 bridgehead atoms. The van der Waals surface area contributed by atoms with Crippen LogP contribution in [0.15, 0.2) is 33.9 Å². The number of rotatable bonds is 3. The van der Waals surface area contributed by atoms with Gasteiger partial charge in [0.25, 0.3) is 0 Å². The normalized spacial score (nSPS) is 11.3. The van der Waals surface area contributed by atoms with E-state index in [0.717, 1.165) is 12.1 Å². The Bertz CT molecular complexity index is 1190. The molecule has 0 unspecified atom stereocenters. The molecule has 4 rings (SSSR count). The number of hydrogen-bond acceptors (Lipinski definition) is 6. The Balaban J connectivity index is 1.58. The lowest BCUT2D eigenvalue weighted by atomic mass is 10.3. The van der Waals surface area contributed by atoms with Gasteiger partial charge >= 0.3 is 11.7 Å². The summed E-state index contributed by atoms with van der Waals surface area (Å²) in [6.07, 6.45) is 2.71. The lowest BCUT2D eigenvalue weighted by Crippen LogP contribution is -2.21. The van der Waals surface area contributed by atoms with Gasteiger partial charge in [0.05, 0.1) is 12.5 Å². The molecule has 1 aromatic carbocycles. The fourth-order valence-corrected chi connectivity index (χ4v) is 2.48. The number of aromatic nitrogens is 5. The highest BCUT2D eigenvalue weighted by atomic mass is 19.2. The minimum absolute atomic E-state index is 0.00600. The number of nitrogens with one attached hydrogen (secondary N) is 1. The number of aryl methyl sites for hydroxylation is 1. The van der Waals surface area contributed by atoms with Gasteiger partial charge in [-0.3, -0.25) is 14.7 Å². The molecule has 0 saturated heterocycles. The molecule has 0 radical (unpaired) electrons. The van der Waals surface area contributed by atoms with Gasteiger partial charge in [0.2, 0.25) is 5.91 Å². The number of carbonyl (C=O) groups excluding carboxylic acids is 1. The number of nitrogens with zero attached hydrogens (tertiary/aromatic N) is 5. The molecule has 0 spiro atoms. The molecule has 0 aliphatic rings. The van der Waals surface area contributed by atoms with Crippen LogP contribution in [0.3, 0.4) is 0 Å². The van der Waals surface area contributed by atoms with Crippen molar-refractivity contribution in [2.45, 2.75) is 6.54 Å². The zero-order chi connectivity index (χ0) is 18.4. The second kappa shape index (κ2) is 5.72. The highest BCUT2D eigenvalue weighted by molar-refractivity contribution is 5.90. The fraction of sp³-hybridized carbons (Fsp3) is 0.133. The Labute approximate surface area is 142 Å². The lowest BCUT2D eigenvalue weighted by molar-refractivity contribution is -0.116. The average Bonchev–Trinajstić information content (AvgIpc) is 3.15. The van der Waals surface area contributed by atoms with Crippen LogP contribution < -0.4 is 11.0 Å². The molecule has 11 heteroatoms. The maximum absolute atomic E-state index is 13.2. The highest BCUT2D eigenvalue weighted by Crippen LogP contribution is 2.21. The number of fused-ring (bicyclic) bond motifs is 2. The fourth-order valence-electron chi connectivity index (χ4n) is 2.48. The third-order valence-electron chi connectivity index (χ3n) is 3.75. The molecule has 132 valence electrons. The SMILES string of the molecule is Cn1c(=O)ncc2c1ncn2CC(=O)Nc1nc2cc(F)c(F)cc2o1. The molecule has 1 amide bonds. The lowest BCUT2D eigenvalue weighted by Gasteiger charge is -2.04. The summed E-state index contributed by atoms with van der Waals surface area (Å²) in [5.41, 5.74) is 0.491. The number of amides is 1. The van der Waals surface area contributed by atoms with Gasteiger partial charge in [-0.15, -0.1) is 0 Å². The van der Waals surface area contributed by atoms with Crippen LogP contribution in [-0.4, -0.2) is 30.0 Å². The predicted octanol–water partition coefficient (Wildman–Crippen LogP) is 1.19. The van der Waals surface area contributed by atoms with Crippen LogP contribution in [0.25, 0.3) is 22.3 Å². The summed E-state index contributed by atoms with van der Waals surface area (Å²) in [7, 11) is 1.52. The molecule has 1 N–H and O–H groups in total. The number of carbonyl (C=O) groups is 1. The Morgan fingerprint density at radius 1 is 1.27 bits per heavy atom. The van der Waals surface area contributed by atoms with Gasteiger partial charge < -0.3 is 8.98 Å². The number of benzene rings is 1. The molecule has 26 heavy (non-hydrogen) atoms. The van der Waals surface area contributed by atoms with Gasteiger partial charge in [0.15, 0.2) is 22.9 Å². The summed E-state index contributed by atoms with van der Waals surface area (Å²) in [4.78, 5) is 35.3. The van der Waals surface area contributed by atoms with Crippen LogP contribution in [0.2, 0.25) is 0 Å². The molecule has 0 fully saturated rings. The van der Waals surface area contributed by atoms with Crippen LogP contribution in [-0.2, 0) is 18.4 Å². The van der Waals surface area contributed by atoms with Crippen molar-refractivity contribution in [3.8, 4) is 0 Å². The first kappa shape index (κ1) is 15.9. The Morgan fingerprint density at radius 2 is 2.04 bits per heavy atom. The van der Waals surface area contributed by atoms with E-state index in [4.69, 9.17) is 4.42 Å². The van der Waals surface area contributed by atoms with Crippen LogP contribution >= 0.6 is 0 Å². The quantitative estimate of drug-likeness (QED) is 0.588. The summed E-state index contributed by atoms with van der Waals surface area (Å²) >= 11 is 0. The predicted molar refractivity (Wildman–Crippen MR) is 85.3 cm³/mol. The maximum Gasteiger partial charge on any atom is 0.349 e. The third-order valence-corrected chi connectivity index (χ3v) is 3.75. The summed E-state index contributed by atoms with van der Waals surface area (Å²) in [6, 6.07) is 1.53. The van der Waals surface area contributed by atoms with Crippen LogP contribution in [0.4, 0.5) is 14.8 Å². The van der Waals surface area contributed by atoms with Gasteiger partial charge in [0.1, 0.15) is 17.6 Å². The van der Waals surface area contributed by atoms with Crippen molar-refractivity contribution in [3.63, 3.8) is 0 Å². The zero-order valence-corrected chi connectivity index (χ0v) is 13.2. The standard InChI is InChI=1S/C15H10F2N6O3/c1-22-13-10(4-18-15(22)25)23(6-19-13)5-12(24)21-14-20-9-2-7(16)8(17)3-11(9)26-14/h2-4,6H,5H2,1H3,(H,20,21,24). The molecular formula is C15H10F2N6O3. The molecule has 0 aliphatic carbocycles. The molecule has 0 atom stereocenters. The third kappa shape index (κ3) is 2.59. The van der Waals surface area contributed by atoms with E-state index in [1.165, 1.54) is 28.7 Å². The van der Waals surface area contributed by atoms with Crippen molar-refractivity contribution in [1.29, 1.82) is 0 Å². The second-order valence-corrected chi connectivity index (χ2v) is 5.48. The summed E-state index contributed by atoms with van der Waals surface area (Å²) in [6.45, 7) is -0.155. The van der Waals surface area contributed by atoms with E-state index >= 15 is 0 Å². The molecule has 9 nitrogen and oxygen atoms in total. The first-order chi connectivity index (χ1) is 12.4. The van der Waals surface area contributed by atoms with Gasteiger partial charge in [-0.1, -0.05) is 0 Å². The van der Waals surface area contributed by atoms with Crippen molar-refractivity contribution >= 4 is 34.2 Å². The molecule has 3 heterocycles. The molecule has 0 aliphatic heterocycles. The second-order valence-electron chi connectivity index (χ2n) is 5.48. The largest absolute Gasteiger partial charge is 0.423 e. The molecule has 0 saturated carbocycles. The number of halogens is 2. The minimum Gasteiger partial charge on any atom is -0.423 e. The van der Waals surface area contributed by atoms with Crippen molar-refractivity contribution in [2.75, 3.05) is 5.32 Å². The topological polar surface area (TPSA) is 108 Å². The van der Waals surface area contributed by atoms with E-state index in [2.05, 4.69) is 20.3 Å². The maximum atomic E-state index is 13.2. The minimum atomic E-state index is -1.07. The zero-order valence-electron chi connectivity index (χ0n) is 13.2. The number of imidazole rings is 1. The molecule has 4 aromatic rings. The van der Waals surface area contributed by atoms with Gasteiger partial charge in [0, 0.05) is 19.2 Å². The van der Waals surface area contributed by atoms with E-state index in [1.807, 2.05) is 0 Å². The molecule has 3 aromatic heterocycles. The average molecular weight is 360 g/mol. The summed E-state index contributed by atoms with van der Waals surface area (Å²) in [5, 5.41) is 2.40. The van der Waals surface area contributed by atoms with E-state index in [1.54, 1.807) is 0 Å². The van der Waals surface area contributed by atoms with Crippen LogP contribution in [0.1, 0.15) is 0 Å². The van der Waals surface area contributed by atoms with Gasteiger partial charge in [-0.2, -0.15) is 9.97 Å². The first-order valence-electron chi connectivity index (χ1n) is 7.34. The first-order valence-corrected chi connectivity index (χ1v) is 7.34. The number of anilines is 1. The Kier molecular flexibility index (Phi) is 3.49. The number of hydrogen-bond donors (Lipinski definition) is 1. The van der Waals surface area contributed by atoms with Crippen molar-refractivity contribution in [2.24, 2.45) is 7.05 Å². The van der Waals surface area contributed by atoms with Crippen molar-refractivity contribution in [1.82, 2.24) is 24.1 Å². The van der Waals surface area contributed by atoms with Crippen LogP contribution in [0, 0.1) is 11.6 Å². The highest BCUT2D eigenvalue weighted by Gasteiger charge is 2.15. The van der Waals surface area contributed by atoms with Crippen molar-refractivity contribution in [3.05, 3.63) is 46.8 Å². The summed E-state index contributed by atoms with van der Waals surface area (Å²) < 4.78 is 34.3. The van der Waals surface area contributed by atoms with Crippen molar-refractivity contribution < 1.29 is 18.0 Å². The van der Waals surface area contributed by atoms with E-state index in [0.29, 0.717) is 11.2 Å².